The first-order valence-electron chi connectivity index (χ1n) is 11.3. The predicted molar refractivity (Wildman–Crippen MR) is 136 cm³/mol. The van der Waals surface area contributed by atoms with Crippen molar-refractivity contribution in [3.63, 3.8) is 0 Å². The lowest BCUT2D eigenvalue weighted by Gasteiger charge is -2.34. The molecule has 0 aliphatic rings. The topological polar surface area (TPSA) is 90.0 Å². The van der Waals surface area contributed by atoms with Crippen molar-refractivity contribution in [1.82, 2.24) is 14.5 Å². The van der Waals surface area contributed by atoms with Gasteiger partial charge in [0.25, 0.3) is 0 Å². The predicted octanol–water partition coefficient (Wildman–Crippen LogP) is 2.81. The van der Waals surface area contributed by atoms with E-state index >= 15 is 0 Å². The number of hydrogen-bond acceptors (Lipinski definition) is 4. The first-order valence-corrected chi connectivity index (χ1v) is 12.7. The van der Waals surface area contributed by atoms with Crippen LogP contribution in [0.2, 0.25) is 0 Å². The van der Waals surface area contributed by atoms with Gasteiger partial charge in [0.1, 0.15) is 18.4 Å². The lowest BCUT2D eigenvalue weighted by Crippen LogP contribution is -2.55. The highest BCUT2D eigenvalue weighted by molar-refractivity contribution is 7.90. The van der Waals surface area contributed by atoms with Crippen molar-refractivity contribution < 1.29 is 22.4 Å². The second kappa shape index (κ2) is 11.6. The SMILES string of the molecule is C[C@H](C(=O)NC(C)(C)C)N(CCc1ccccc1)C(=O)CN(c1ccc(F)cc1)S(=O)(=O)N(C)C. The molecule has 2 amide bonds. The fourth-order valence-electron chi connectivity index (χ4n) is 3.37. The molecule has 0 aromatic heterocycles. The maximum atomic E-state index is 13.5. The molecule has 192 valence electrons. The monoisotopic (exact) mass is 506 g/mol. The van der Waals surface area contributed by atoms with E-state index in [1.165, 1.54) is 31.1 Å². The van der Waals surface area contributed by atoms with Gasteiger partial charge in [0, 0.05) is 26.2 Å². The van der Waals surface area contributed by atoms with Gasteiger partial charge in [0.2, 0.25) is 11.8 Å². The minimum Gasteiger partial charge on any atom is -0.350 e. The number of anilines is 1. The average Bonchev–Trinajstić information content (AvgIpc) is 2.77. The van der Waals surface area contributed by atoms with Crippen LogP contribution in [-0.4, -0.2) is 68.2 Å². The van der Waals surface area contributed by atoms with Gasteiger partial charge >= 0.3 is 10.2 Å². The van der Waals surface area contributed by atoms with E-state index in [0.29, 0.717) is 6.42 Å². The minimum atomic E-state index is -4.08. The Morgan fingerprint density at radius 2 is 1.57 bits per heavy atom. The summed E-state index contributed by atoms with van der Waals surface area (Å²) in [6.45, 7) is 6.80. The summed E-state index contributed by atoms with van der Waals surface area (Å²) in [4.78, 5) is 27.9. The Morgan fingerprint density at radius 3 is 2.09 bits per heavy atom. The van der Waals surface area contributed by atoms with Crippen molar-refractivity contribution in [2.24, 2.45) is 0 Å². The smallest absolute Gasteiger partial charge is 0.304 e. The third-order valence-electron chi connectivity index (χ3n) is 5.28. The van der Waals surface area contributed by atoms with Crippen LogP contribution in [0, 0.1) is 5.82 Å². The molecule has 0 bridgehead atoms. The van der Waals surface area contributed by atoms with Crippen molar-refractivity contribution in [2.75, 3.05) is 31.5 Å². The second-order valence-corrected chi connectivity index (χ2v) is 11.6. The maximum Gasteiger partial charge on any atom is 0.304 e. The molecular formula is C25H35FN4O4S. The highest BCUT2D eigenvalue weighted by Crippen LogP contribution is 2.21. The highest BCUT2D eigenvalue weighted by Gasteiger charge is 2.33. The molecule has 0 aliphatic heterocycles. The molecule has 0 aliphatic carbocycles. The Bertz CT molecular complexity index is 1100. The number of nitrogens with one attached hydrogen (secondary N) is 1. The molecule has 2 aromatic rings. The van der Waals surface area contributed by atoms with Gasteiger partial charge in [-0.3, -0.25) is 9.59 Å². The van der Waals surface area contributed by atoms with Crippen LogP contribution >= 0.6 is 0 Å². The van der Waals surface area contributed by atoms with Crippen LogP contribution in [0.1, 0.15) is 33.3 Å². The number of nitrogens with zero attached hydrogens (tertiary/aromatic N) is 3. The Hall–Kier alpha value is -2.98. The Balaban J connectivity index is 2.38. The number of rotatable bonds is 10. The van der Waals surface area contributed by atoms with Gasteiger partial charge in [0.05, 0.1) is 5.69 Å². The van der Waals surface area contributed by atoms with Gasteiger partial charge in [-0.25, -0.2) is 8.70 Å². The maximum absolute atomic E-state index is 13.5. The van der Waals surface area contributed by atoms with Crippen molar-refractivity contribution >= 4 is 27.7 Å². The Labute approximate surface area is 207 Å². The molecule has 0 saturated carbocycles. The number of hydrogen-bond donors (Lipinski definition) is 1. The summed E-state index contributed by atoms with van der Waals surface area (Å²) in [5.41, 5.74) is 0.613. The van der Waals surface area contributed by atoms with E-state index in [-0.39, 0.29) is 18.1 Å². The minimum absolute atomic E-state index is 0.142. The standard InChI is InChI=1S/C25H35FN4O4S/c1-19(24(32)27-25(2,3)4)29(17-16-20-10-8-7-9-11-20)23(31)18-30(35(33,34)28(5)6)22-14-12-21(26)13-15-22/h7-15,19H,16-18H2,1-6H3,(H,27,32)/t19-/m1/s1. The van der Waals surface area contributed by atoms with Crippen LogP contribution < -0.4 is 9.62 Å². The second-order valence-electron chi connectivity index (χ2n) is 9.51. The summed E-state index contributed by atoms with van der Waals surface area (Å²) in [7, 11) is -1.38. The first kappa shape index (κ1) is 28.3. The fourth-order valence-corrected chi connectivity index (χ4v) is 4.42. The van der Waals surface area contributed by atoms with Gasteiger partial charge in [0.15, 0.2) is 0 Å². The van der Waals surface area contributed by atoms with Gasteiger partial charge in [-0.15, -0.1) is 0 Å². The summed E-state index contributed by atoms with van der Waals surface area (Å²) in [5, 5.41) is 2.88. The molecule has 8 nitrogen and oxygen atoms in total. The number of carbonyl (C=O) groups is 2. The summed E-state index contributed by atoms with van der Waals surface area (Å²) in [5.74, 6) is -1.42. The largest absolute Gasteiger partial charge is 0.350 e. The number of amides is 2. The van der Waals surface area contributed by atoms with E-state index < -0.39 is 40.1 Å². The van der Waals surface area contributed by atoms with E-state index in [0.717, 1.165) is 26.3 Å². The molecule has 0 heterocycles. The van der Waals surface area contributed by atoms with Crippen LogP contribution in [-0.2, 0) is 26.2 Å². The van der Waals surface area contributed by atoms with Gasteiger partial charge in [-0.05, 0) is 63.9 Å². The number of carbonyl (C=O) groups excluding carboxylic acids is 2. The Morgan fingerprint density at radius 1 is 1.00 bits per heavy atom. The zero-order valence-corrected chi connectivity index (χ0v) is 22.0. The molecule has 1 atom stereocenters. The van der Waals surface area contributed by atoms with E-state index in [1.807, 2.05) is 51.1 Å². The average molecular weight is 507 g/mol. The molecule has 1 N–H and O–H groups in total. The van der Waals surface area contributed by atoms with Gasteiger partial charge in [-0.1, -0.05) is 30.3 Å². The Kier molecular flexibility index (Phi) is 9.39. The first-order chi connectivity index (χ1) is 16.2. The van der Waals surface area contributed by atoms with Crippen LogP contribution in [0.3, 0.4) is 0 Å². The van der Waals surface area contributed by atoms with E-state index in [9.17, 15) is 22.4 Å². The zero-order chi connectivity index (χ0) is 26.4. The lowest BCUT2D eigenvalue weighted by atomic mass is 10.1. The quantitative estimate of drug-likeness (QED) is 0.537. The summed E-state index contributed by atoms with van der Waals surface area (Å²) >= 11 is 0. The van der Waals surface area contributed by atoms with Crippen molar-refractivity contribution in [3.8, 4) is 0 Å². The molecule has 0 spiro atoms. The van der Waals surface area contributed by atoms with Crippen molar-refractivity contribution in [3.05, 3.63) is 66.0 Å². The highest BCUT2D eigenvalue weighted by atomic mass is 32.2. The summed E-state index contributed by atoms with van der Waals surface area (Å²) < 4.78 is 41.5. The van der Waals surface area contributed by atoms with Crippen LogP contribution in [0.25, 0.3) is 0 Å². The molecular weight excluding hydrogens is 471 g/mol. The molecule has 0 unspecified atom stereocenters. The molecule has 0 saturated heterocycles. The van der Waals surface area contributed by atoms with Gasteiger partial charge < -0.3 is 10.2 Å². The van der Waals surface area contributed by atoms with Crippen LogP contribution in [0.4, 0.5) is 10.1 Å². The molecule has 0 fully saturated rings. The van der Waals surface area contributed by atoms with E-state index in [1.54, 1.807) is 6.92 Å². The third kappa shape index (κ3) is 8.03. The number of halogens is 1. The van der Waals surface area contributed by atoms with Crippen LogP contribution in [0.15, 0.2) is 54.6 Å². The molecule has 10 heteroatoms. The van der Waals surface area contributed by atoms with Crippen molar-refractivity contribution in [1.29, 1.82) is 0 Å². The van der Waals surface area contributed by atoms with Crippen molar-refractivity contribution in [2.45, 2.75) is 45.7 Å². The molecule has 35 heavy (non-hydrogen) atoms. The molecule has 0 radical (unpaired) electrons. The van der Waals surface area contributed by atoms with E-state index in [4.69, 9.17) is 0 Å². The zero-order valence-electron chi connectivity index (χ0n) is 21.2. The summed E-state index contributed by atoms with van der Waals surface area (Å²) in [6, 6.07) is 13.5. The molecule has 2 aromatic carbocycles. The fraction of sp³-hybridized carbons (Fsp3) is 0.440. The van der Waals surface area contributed by atoms with E-state index in [2.05, 4.69) is 5.32 Å². The normalized spacial score (nSPS) is 12.8. The third-order valence-corrected chi connectivity index (χ3v) is 7.10. The van der Waals surface area contributed by atoms with Crippen LogP contribution in [0.5, 0.6) is 0 Å². The van der Waals surface area contributed by atoms with Gasteiger partial charge in [-0.2, -0.15) is 12.7 Å². The number of benzene rings is 2. The lowest BCUT2D eigenvalue weighted by molar-refractivity contribution is -0.139. The molecule has 2 rings (SSSR count). The summed E-state index contributed by atoms with van der Waals surface area (Å²) in [6.07, 6.45) is 0.483.